The van der Waals surface area contributed by atoms with Crippen LogP contribution in [-0.4, -0.2) is 10.9 Å². The summed E-state index contributed by atoms with van der Waals surface area (Å²) in [6.45, 7) is 0. The van der Waals surface area contributed by atoms with Gasteiger partial charge in [-0.2, -0.15) is 0 Å². The van der Waals surface area contributed by atoms with Crippen LogP contribution >= 0.6 is 0 Å². The number of benzene rings is 1. The van der Waals surface area contributed by atoms with Crippen LogP contribution in [0.4, 0.5) is 11.6 Å². The van der Waals surface area contributed by atoms with Gasteiger partial charge in [0.05, 0.1) is 6.42 Å². The molecule has 0 atom stereocenters. The number of amides is 1. The number of pyridine rings is 1. The molecule has 0 bridgehead atoms. The van der Waals surface area contributed by atoms with Crippen molar-refractivity contribution in [3.63, 3.8) is 0 Å². The van der Waals surface area contributed by atoms with Crippen molar-refractivity contribution in [1.29, 1.82) is 0 Å². The molecule has 0 spiro atoms. The van der Waals surface area contributed by atoms with Gasteiger partial charge in [-0.1, -0.05) is 24.3 Å². The molecule has 2 rings (SSSR count). The summed E-state index contributed by atoms with van der Waals surface area (Å²) in [5, 5.41) is 0. The molecule has 6 N–H and O–H groups in total. The van der Waals surface area contributed by atoms with Gasteiger partial charge in [0.1, 0.15) is 11.6 Å². The number of rotatable bonds is 3. The van der Waals surface area contributed by atoms with E-state index in [4.69, 9.17) is 17.2 Å². The molecule has 0 aliphatic carbocycles. The summed E-state index contributed by atoms with van der Waals surface area (Å²) < 4.78 is 0. The van der Waals surface area contributed by atoms with Gasteiger partial charge in [0, 0.05) is 5.56 Å². The number of carbonyl (C=O) groups excluding carboxylic acids is 1. The molecule has 2 aromatic rings. The molecule has 5 nitrogen and oxygen atoms in total. The Hall–Kier alpha value is -2.56. The van der Waals surface area contributed by atoms with Gasteiger partial charge in [-0.25, -0.2) is 4.98 Å². The third-order valence-corrected chi connectivity index (χ3v) is 2.62. The lowest BCUT2D eigenvalue weighted by molar-refractivity contribution is -0.117. The molecule has 0 saturated heterocycles. The summed E-state index contributed by atoms with van der Waals surface area (Å²) in [4.78, 5) is 15.1. The number of carbonyl (C=O) groups is 1. The topological polar surface area (TPSA) is 108 Å². The van der Waals surface area contributed by atoms with E-state index < -0.39 is 0 Å². The first-order valence-electron chi connectivity index (χ1n) is 5.46. The highest BCUT2D eigenvalue weighted by Crippen LogP contribution is 2.28. The minimum Gasteiger partial charge on any atom is -0.384 e. The lowest BCUT2D eigenvalue weighted by Gasteiger charge is -2.10. The zero-order valence-electron chi connectivity index (χ0n) is 9.76. The molecule has 1 aromatic carbocycles. The molecule has 0 saturated carbocycles. The second kappa shape index (κ2) is 4.75. The predicted molar refractivity (Wildman–Crippen MR) is 71.4 cm³/mol. The molecule has 0 unspecified atom stereocenters. The fourth-order valence-corrected chi connectivity index (χ4v) is 1.84. The average molecular weight is 242 g/mol. The van der Waals surface area contributed by atoms with Crippen molar-refractivity contribution in [3.05, 3.63) is 42.0 Å². The van der Waals surface area contributed by atoms with Crippen LogP contribution in [0, 0.1) is 0 Å². The Bertz CT molecular complexity index is 595. The van der Waals surface area contributed by atoms with E-state index in [-0.39, 0.29) is 12.3 Å². The van der Waals surface area contributed by atoms with Crippen LogP contribution in [0.1, 0.15) is 5.56 Å². The Morgan fingerprint density at radius 2 is 1.78 bits per heavy atom. The Balaban J connectivity index is 2.53. The summed E-state index contributed by atoms with van der Waals surface area (Å²) in [5.74, 6) is 0.319. The SMILES string of the molecule is NC(=O)Cc1ccccc1-c1ccc(N)nc1N. The molecular formula is C13H14N4O. The second-order valence-electron chi connectivity index (χ2n) is 3.97. The van der Waals surface area contributed by atoms with Crippen molar-refractivity contribution in [3.8, 4) is 11.1 Å². The number of primary amides is 1. The zero-order chi connectivity index (χ0) is 13.1. The molecule has 1 aromatic heterocycles. The molecule has 1 heterocycles. The highest BCUT2D eigenvalue weighted by Gasteiger charge is 2.10. The van der Waals surface area contributed by atoms with Gasteiger partial charge in [0.2, 0.25) is 5.91 Å². The van der Waals surface area contributed by atoms with E-state index in [0.29, 0.717) is 11.6 Å². The monoisotopic (exact) mass is 242 g/mol. The van der Waals surface area contributed by atoms with Gasteiger partial charge >= 0.3 is 0 Å². The van der Waals surface area contributed by atoms with E-state index >= 15 is 0 Å². The van der Waals surface area contributed by atoms with Crippen LogP contribution in [0.5, 0.6) is 0 Å². The molecule has 0 aliphatic heterocycles. The first-order valence-corrected chi connectivity index (χ1v) is 5.46. The van der Waals surface area contributed by atoms with E-state index in [9.17, 15) is 4.79 Å². The summed E-state index contributed by atoms with van der Waals surface area (Å²) in [6.07, 6.45) is 0.167. The maximum absolute atomic E-state index is 11.0. The van der Waals surface area contributed by atoms with Gasteiger partial charge in [-0.15, -0.1) is 0 Å². The minimum atomic E-state index is -0.385. The number of aromatic nitrogens is 1. The zero-order valence-corrected chi connectivity index (χ0v) is 9.76. The van der Waals surface area contributed by atoms with E-state index in [1.165, 1.54) is 0 Å². The first-order chi connectivity index (χ1) is 8.58. The van der Waals surface area contributed by atoms with Gasteiger partial charge in [-0.05, 0) is 23.3 Å². The first kappa shape index (κ1) is 11.9. The third-order valence-electron chi connectivity index (χ3n) is 2.62. The van der Waals surface area contributed by atoms with Crippen molar-refractivity contribution in [2.45, 2.75) is 6.42 Å². The predicted octanol–water partition coefficient (Wildman–Crippen LogP) is 0.941. The molecule has 0 fully saturated rings. The molecule has 0 aliphatic rings. The number of nitrogens with zero attached hydrogens (tertiary/aromatic N) is 1. The number of hydrogen-bond acceptors (Lipinski definition) is 4. The third kappa shape index (κ3) is 2.40. The van der Waals surface area contributed by atoms with Gasteiger partial charge in [-0.3, -0.25) is 4.79 Å². The van der Waals surface area contributed by atoms with Crippen LogP contribution in [0.15, 0.2) is 36.4 Å². The van der Waals surface area contributed by atoms with E-state index in [1.54, 1.807) is 12.1 Å². The van der Waals surface area contributed by atoms with E-state index in [0.717, 1.165) is 16.7 Å². The molecule has 18 heavy (non-hydrogen) atoms. The van der Waals surface area contributed by atoms with E-state index in [2.05, 4.69) is 4.98 Å². The summed E-state index contributed by atoms with van der Waals surface area (Å²) >= 11 is 0. The van der Waals surface area contributed by atoms with Crippen molar-refractivity contribution in [2.24, 2.45) is 5.73 Å². The lowest BCUT2D eigenvalue weighted by Crippen LogP contribution is -2.14. The number of anilines is 2. The fourth-order valence-electron chi connectivity index (χ4n) is 1.84. The normalized spacial score (nSPS) is 10.2. The summed E-state index contributed by atoms with van der Waals surface area (Å²) in [5.41, 5.74) is 19.1. The standard InChI is InChI=1S/C13H14N4O/c14-11-6-5-10(13(16)17-11)9-4-2-1-3-8(9)7-12(15)18/h1-6H,7H2,(H2,15,18)(H4,14,16,17). The largest absolute Gasteiger partial charge is 0.384 e. The highest BCUT2D eigenvalue weighted by atomic mass is 16.1. The van der Waals surface area contributed by atoms with Crippen LogP contribution in [-0.2, 0) is 11.2 Å². The van der Waals surface area contributed by atoms with Crippen molar-refractivity contribution >= 4 is 17.5 Å². The molecule has 0 radical (unpaired) electrons. The Kier molecular flexibility index (Phi) is 3.14. The van der Waals surface area contributed by atoms with Crippen molar-refractivity contribution in [2.75, 3.05) is 11.5 Å². The lowest BCUT2D eigenvalue weighted by atomic mass is 9.98. The van der Waals surface area contributed by atoms with Crippen LogP contribution in [0.3, 0.4) is 0 Å². The molecule has 5 heteroatoms. The Morgan fingerprint density at radius 1 is 1.06 bits per heavy atom. The molecule has 92 valence electrons. The van der Waals surface area contributed by atoms with Crippen LogP contribution in [0.2, 0.25) is 0 Å². The summed E-state index contributed by atoms with van der Waals surface area (Å²) in [6, 6.07) is 10.9. The van der Waals surface area contributed by atoms with Gasteiger partial charge in [0.25, 0.3) is 0 Å². The number of nitrogen functional groups attached to an aromatic ring is 2. The maximum atomic E-state index is 11.0. The number of hydrogen-bond donors (Lipinski definition) is 3. The summed E-state index contributed by atoms with van der Waals surface area (Å²) in [7, 11) is 0. The van der Waals surface area contributed by atoms with Crippen molar-refractivity contribution in [1.82, 2.24) is 4.98 Å². The van der Waals surface area contributed by atoms with Crippen LogP contribution in [0.25, 0.3) is 11.1 Å². The average Bonchev–Trinajstić information content (AvgIpc) is 2.30. The Morgan fingerprint density at radius 3 is 2.44 bits per heavy atom. The Labute approximate surface area is 105 Å². The minimum absolute atomic E-state index is 0.167. The maximum Gasteiger partial charge on any atom is 0.221 e. The van der Waals surface area contributed by atoms with Crippen LogP contribution < -0.4 is 17.2 Å². The quantitative estimate of drug-likeness (QED) is 0.744. The van der Waals surface area contributed by atoms with Crippen molar-refractivity contribution < 1.29 is 4.79 Å². The highest BCUT2D eigenvalue weighted by molar-refractivity contribution is 5.83. The smallest absolute Gasteiger partial charge is 0.221 e. The molecule has 1 amide bonds. The van der Waals surface area contributed by atoms with Gasteiger partial charge < -0.3 is 17.2 Å². The fraction of sp³-hybridized carbons (Fsp3) is 0.0769. The van der Waals surface area contributed by atoms with E-state index in [1.807, 2.05) is 24.3 Å². The second-order valence-corrected chi connectivity index (χ2v) is 3.97. The molecular weight excluding hydrogens is 228 g/mol. The van der Waals surface area contributed by atoms with Gasteiger partial charge in [0.15, 0.2) is 0 Å². The number of nitrogens with two attached hydrogens (primary N) is 3.